The van der Waals surface area contributed by atoms with E-state index >= 15 is 0 Å². The third-order valence-corrected chi connectivity index (χ3v) is 5.73. The molecule has 3 rings (SSSR count). The second-order valence-electron chi connectivity index (χ2n) is 6.88. The molecule has 25 heavy (non-hydrogen) atoms. The summed E-state index contributed by atoms with van der Waals surface area (Å²) in [5.41, 5.74) is 0. The van der Waals surface area contributed by atoms with Crippen LogP contribution in [0.1, 0.15) is 33.1 Å². The minimum atomic E-state index is 0.0957. The van der Waals surface area contributed by atoms with E-state index in [9.17, 15) is 4.79 Å². The molecule has 0 aromatic carbocycles. The number of urea groups is 1. The van der Waals surface area contributed by atoms with E-state index in [2.05, 4.69) is 10.00 Å². The van der Waals surface area contributed by atoms with Crippen LogP contribution in [0.4, 0.5) is 4.79 Å². The van der Waals surface area contributed by atoms with Crippen molar-refractivity contribution in [2.75, 3.05) is 39.3 Å². The number of piperidine rings is 1. The van der Waals surface area contributed by atoms with Crippen molar-refractivity contribution in [2.24, 2.45) is 0 Å². The average Bonchev–Trinajstić information content (AvgIpc) is 2.94. The van der Waals surface area contributed by atoms with E-state index < -0.39 is 0 Å². The van der Waals surface area contributed by atoms with Gasteiger partial charge in [0.2, 0.25) is 0 Å². The molecule has 9 heteroatoms. The van der Waals surface area contributed by atoms with Crippen LogP contribution in [0.5, 0.6) is 5.19 Å². The van der Waals surface area contributed by atoms with E-state index in [-0.39, 0.29) is 12.1 Å². The Balaban J connectivity index is 1.50. The SMILES string of the molecule is CC(C)Oc1nn(CN2CCN(C(=O)N3CCCCC3)CC2)c(=S)s1. The Morgan fingerprint density at radius 2 is 1.76 bits per heavy atom. The topological polar surface area (TPSA) is 53.8 Å². The van der Waals surface area contributed by atoms with Gasteiger partial charge in [-0.25, -0.2) is 9.48 Å². The quantitative estimate of drug-likeness (QED) is 0.746. The van der Waals surface area contributed by atoms with Crippen molar-refractivity contribution in [1.29, 1.82) is 0 Å². The molecular formula is C16H27N5O2S2. The first-order chi connectivity index (χ1) is 12.0. The van der Waals surface area contributed by atoms with Gasteiger partial charge in [0.05, 0.1) is 12.8 Å². The van der Waals surface area contributed by atoms with Crippen molar-refractivity contribution < 1.29 is 9.53 Å². The van der Waals surface area contributed by atoms with E-state index in [1.807, 2.05) is 28.3 Å². The zero-order chi connectivity index (χ0) is 17.8. The van der Waals surface area contributed by atoms with Gasteiger partial charge in [-0.1, -0.05) is 0 Å². The van der Waals surface area contributed by atoms with Gasteiger partial charge >= 0.3 is 6.03 Å². The summed E-state index contributed by atoms with van der Waals surface area (Å²) in [5.74, 6) is 0. The molecule has 0 saturated carbocycles. The molecule has 2 amide bonds. The second kappa shape index (κ2) is 8.46. The summed E-state index contributed by atoms with van der Waals surface area (Å²) >= 11 is 6.79. The Labute approximate surface area is 158 Å². The molecule has 2 fully saturated rings. The minimum Gasteiger partial charge on any atom is -0.466 e. The van der Waals surface area contributed by atoms with Gasteiger partial charge in [0, 0.05) is 39.3 Å². The van der Waals surface area contributed by atoms with Gasteiger partial charge in [0.1, 0.15) is 0 Å². The fourth-order valence-electron chi connectivity index (χ4n) is 3.18. The number of rotatable bonds is 4. The van der Waals surface area contributed by atoms with Crippen LogP contribution >= 0.6 is 23.6 Å². The van der Waals surface area contributed by atoms with Crippen LogP contribution in [0, 0.1) is 3.95 Å². The Morgan fingerprint density at radius 1 is 1.12 bits per heavy atom. The summed E-state index contributed by atoms with van der Waals surface area (Å²) < 4.78 is 8.17. The molecule has 0 radical (unpaired) electrons. The fraction of sp³-hybridized carbons (Fsp3) is 0.812. The molecule has 1 aromatic rings. The van der Waals surface area contributed by atoms with Crippen LogP contribution in [-0.2, 0) is 6.67 Å². The number of carbonyl (C=O) groups excluding carboxylic acids is 1. The Morgan fingerprint density at radius 3 is 2.40 bits per heavy atom. The second-order valence-corrected chi connectivity index (χ2v) is 8.46. The highest BCUT2D eigenvalue weighted by molar-refractivity contribution is 7.73. The lowest BCUT2D eigenvalue weighted by Gasteiger charge is -2.38. The number of carbonyl (C=O) groups is 1. The first kappa shape index (κ1) is 18.6. The highest BCUT2D eigenvalue weighted by Crippen LogP contribution is 2.19. The molecule has 0 N–H and O–H groups in total. The van der Waals surface area contributed by atoms with Crippen molar-refractivity contribution in [3.63, 3.8) is 0 Å². The zero-order valence-corrected chi connectivity index (χ0v) is 16.7. The summed E-state index contributed by atoms with van der Waals surface area (Å²) in [6.45, 7) is 9.66. The number of ether oxygens (including phenoxy) is 1. The zero-order valence-electron chi connectivity index (χ0n) is 15.0. The summed E-state index contributed by atoms with van der Waals surface area (Å²) in [7, 11) is 0. The maximum absolute atomic E-state index is 12.6. The molecule has 2 aliphatic heterocycles. The minimum absolute atomic E-state index is 0.0957. The van der Waals surface area contributed by atoms with Crippen molar-refractivity contribution in [1.82, 2.24) is 24.5 Å². The molecule has 1 aromatic heterocycles. The van der Waals surface area contributed by atoms with Gasteiger partial charge < -0.3 is 14.5 Å². The van der Waals surface area contributed by atoms with Crippen molar-refractivity contribution in [2.45, 2.75) is 45.9 Å². The van der Waals surface area contributed by atoms with Crippen molar-refractivity contribution in [3.8, 4) is 5.19 Å². The van der Waals surface area contributed by atoms with Gasteiger partial charge in [0.15, 0.2) is 3.95 Å². The number of aromatic nitrogens is 2. The lowest BCUT2D eigenvalue weighted by atomic mass is 10.1. The number of likely N-dealkylation sites (tertiary alicyclic amines) is 1. The predicted octanol–water partition coefficient (Wildman–Crippen LogP) is 2.64. The molecule has 2 saturated heterocycles. The summed E-state index contributed by atoms with van der Waals surface area (Å²) in [6.07, 6.45) is 3.61. The lowest BCUT2D eigenvalue weighted by Crippen LogP contribution is -2.53. The Hall–Kier alpha value is -1.19. The Kier molecular flexibility index (Phi) is 6.29. The molecular weight excluding hydrogens is 358 g/mol. The van der Waals surface area contributed by atoms with Crippen LogP contribution in [-0.4, -0.2) is 75.9 Å². The predicted molar refractivity (Wildman–Crippen MR) is 101 cm³/mol. The molecule has 0 bridgehead atoms. The largest absolute Gasteiger partial charge is 0.466 e. The number of piperazine rings is 1. The fourth-order valence-corrected chi connectivity index (χ4v) is 4.23. The maximum Gasteiger partial charge on any atom is 0.320 e. The van der Waals surface area contributed by atoms with Gasteiger partial charge in [-0.3, -0.25) is 4.90 Å². The average molecular weight is 386 g/mol. The molecule has 0 atom stereocenters. The van der Waals surface area contributed by atoms with Crippen LogP contribution in [0.2, 0.25) is 0 Å². The molecule has 140 valence electrons. The van der Waals surface area contributed by atoms with Crippen molar-refractivity contribution in [3.05, 3.63) is 3.95 Å². The highest BCUT2D eigenvalue weighted by Gasteiger charge is 2.26. The van der Waals surface area contributed by atoms with Gasteiger partial charge in [-0.05, 0) is 56.7 Å². The molecule has 2 aliphatic rings. The monoisotopic (exact) mass is 385 g/mol. The Bertz CT molecular complexity index is 631. The van der Waals surface area contributed by atoms with Crippen LogP contribution < -0.4 is 4.74 Å². The maximum atomic E-state index is 12.6. The number of hydrogen-bond donors (Lipinski definition) is 0. The lowest BCUT2D eigenvalue weighted by molar-refractivity contribution is 0.0910. The molecule has 0 aliphatic carbocycles. The standard InChI is InChI=1S/C16H27N5O2S2/c1-13(2)23-14-17-21(16(24)25-14)12-18-8-10-20(11-9-18)15(22)19-6-4-3-5-7-19/h13H,3-12H2,1-2H3. The number of nitrogens with zero attached hydrogens (tertiary/aromatic N) is 5. The van der Waals surface area contributed by atoms with E-state index in [1.165, 1.54) is 17.8 Å². The van der Waals surface area contributed by atoms with E-state index in [0.717, 1.165) is 56.1 Å². The number of amides is 2. The highest BCUT2D eigenvalue weighted by atomic mass is 32.1. The molecule has 3 heterocycles. The third kappa shape index (κ3) is 4.92. The van der Waals surface area contributed by atoms with E-state index in [4.69, 9.17) is 17.0 Å². The smallest absolute Gasteiger partial charge is 0.320 e. The summed E-state index contributed by atoms with van der Waals surface area (Å²) in [6, 6.07) is 0.206. The van der Waals surface area contributed by atoms with Gasteiger partial charge in [-0.2, -0.15) is 0 Å². The molecule has 0 unspecified atom stereocenters. The molecule has 7 nitrogen and oxygen atoms in total. The first-order valence-corrected chi connectivity index (χ1v) is 10.3. The van der Waals surface area contributed by atoms with E-state index in [0.29, 0.717) is 11.9 Å². The van der Waals surface area contributed by atoms with Crippen LogP contribution in [0.25, 0.3) is 0 Å². The third-order valence-electron chi connectivity index (χ3n) is 4.53. The van der Waals surface area contributed by atoms with E-state index in [1.54, 1.807) is 0 Å². The van der Waals surface area contributed by atoms with Crippen molar-refractivity contribution >= 4 is 29.6 Å². The van der Waals surface area contributed by atoms with Crippen LogP contribution in [0.3, 0.4) is 0 Å². The summed E-state index contributed by atoms with van der Waals surface area (Å²) in [5, 5.41) is 5.07. The first-order valence-electron chi connectivity index (χ1n) is 9.04. The summed E-state index contributed by atoms with van der Waals surface area (Å²) in [4.78, 5) is 18.8. The van der Waals surface area contributed by atoms with Gasteiger partial charge in [0.25, 0.3) is 5.19 Å². The molecule has 0 spiro atoms. The van der Waals surface area contributed by atoms with Crippen LogP contribution in [0.15, 0.2) is 0 Å². The number of hydrogen-bond acceptors (Lipinski definition) is 6. The normalized spacial score (nSPS) is 19.5. The van der Waals surface area contributed by atoms with Gasteiger partial charge in [-0.15, -0.1) is 5.10 Å².